The second-order valence-corrected chi connectivity index (χ2v) is 12.3. The Morgan fingerprint density at radius 2 is 1.88 bits per heavy atom. The Balaban J connectivity index is 1.33. The lowest BCUT2D eigenvalue weighted by molar-refractivity contribution is -0.143. The number of ether oxygens (including phenoxy) is 4. The lowest BCUT2D eigenvalue weighted by Gasteiger charge is -2.54. The van der Waals surface area contributed by atoms with Gasteiger partial charge in [-0.15, -0.1) is 0 Å². The molecule has 1 aliphatic heterocycles. The summed E-state index contributed by atoms with van der Waals surface area (Å²) in [6, 6.07) is 16.5. The highest BCUT2D eigenvalue weighted by molar-refractivity contribution is 5.73. The number of nitrogens with two attached hydrogens (primary N) is 1. The lowest BCUT2D eigenvalue weighted by atomic mass is 9.63. The van der Waals surface area contributed by atoms with Crippen LogP contribution in [0.2, 0.25) is 0 Å². The third-order valence-corrected chi connectivity index (χ3v) is 9.61. The zero-order valence-electron chi connectivity index (χ0n) is 24.2. The minimum Gasteiger partial charge on any atom is -0.489 e. The summed E-state index contributed by atoms with van der Waals surface area (Å²) in [4.78, 5) is 11.5. The molecule has 3 unspecified atom stereocenters. The van der Waals surface area contributed by atoms with E-state index in [1.807, 2.05) is 25.3 Å². The monoisotopic (exact) mass is 557 g/mol. The number of rotatable bonds is 11. The standard InChI is InChI=1S/C35H43NO5/c1-38-35(21-8-13-26(12-7-16-32(36)37)33(35)40-27-14-5-6-15-27)30-23-34(19-9-20-34)41-31-22-28(17-18-29(30)31)39-24-25-10-3-2-4-11-25/h2-4,8,10-11,13,17-18,21-22,27,30,33H,5-7,9,12,14-16,19-20,23-24H2,1H3,(H2,36,37). The Kier molecular flexibility index (Phi) is 8.23. The highest BCUT2D eigenvalue weighted by atomic mass is 16.6. The predicted molar refractivity (Wildman–Crippen MR) is 159 cm³/mol. The van der Waals surface area contributed by atoms with Crippen LogP contribution in [0.4, 0.5) is 0 Å². The van der Waals surface area contributed by atoms with Crippen LogP contribution in [-0.4, -0.2) is 36.4 Å². The van der Waals surface area contributed by atoms with Gasteiger partial charge in [0, 0.05) is 31.1 Å². The van der Waals surface area contributed by atoms with Crippen LogP contribution in [0, 0.1) is 0 Å². The third kappa shape index (κ3) is 5.82. The van der Waals surface area contributed by atoms with E-state index in [-0.39, 0.29) is 29.6 Å². The van der Waals surface area contributed by atoms with E-state index in [4.69, 9.17) is 24.7 Å². The number of benzene rings is 2. The summed E-state index contributed by atoms with van der Waals surface area (Å²) in [6.45, 7) is 0.510. The van der Waals surface area contributed by atoms with Crippen molar-refractivity contribution >= 4 is 5.91 Å². The molecule has 6 heteroatoms. The average molecular weight is 558 g/mol. The number of fused-ring (bicyclic) bond motifs is 1. The summed E-state index contributed by atoms with van der Waals surface area (Å²) in [5.41, 5.74) is 8.06. The van der Waals surface area contributed by atoms with Gasteiger partial charge >= 0.3 is 0 Å². The van der Waals surface area contributed by atoms with Gasteiger partial charge < -0.3 is 24.7 Å². The van der Waals surface area contributed by atoms with E-state index in [0.717, 1.165) is 61.2 Å². The maximum absolute atomic E-state index is 11.5. The molecule has 3 atom stereocenters. The van der Waals surface area contributed by atoms with Gasteiger partial charge in [0.2, 0.25) is 5.91 Å². The van der Waals surface area contributed by atoms with Crippen molar-refractivity contribution in [1.82, 2.24) is 0 Å². The molecule has 6 rings (SSSR count). The van der Waals surface area contributed by atoms with Gasteiger partial charge in [-0.3, -0.25) is 4.79 Å². The Bertz CT molecular complexity index is 1280. The number of methoxy groups -OCH3 is 1. The van der Waals surface area contributed by atoms with Crippen LogP contribution < -0.4 is 15.2 Å². The van der Waals surface area contributed by atoms with Crippen LogP contribution in [0.3, 0.4) is 0 Å². The number of primary amides is 1. The van der Waals surface area contributed by atoms with Crippen LogP contribution >= 0.6 is 0 Å². The van der Waals surface area contributed by atoms with Crippen LogP contribution in [0.15, 0.2) is 72.3 Å². The number of carbonyl (C=O) groups excluding carboxylic acids is 1. The summed E-state index contributed by atoms with van der Waals surface area (Å²) in [5.74, 6) is 1.47. The van der Waals surface area contributed by atoms with Crippen LogP contribution in [-0.2, 0) is 20.9 Å². The van der Waals surface area contributed by atoms with E-state index >= 15 is 0 Å². The summed E-state index contributed by atoms with van der Waals surface area (Å²) >= 11 is 0. The Morgan fingerprint density at radius 1 is 1.07 bits per heavy atom. The van der Waals surface area contributed by atoms with Gasteiger partial charge in [-0.25, -0.2) is 0 Å². The molecule has 2 aromatic rings. The molecule has 1 heterocycles. The zero-order valence-corrected chi connectivity index (χ0v) is 24.2. The molecule has 1 amide bonds. The molecule has 2 N–H and O–H groups in total. The van der Waals surface area contributed by atoms with E-state index in [1.54, 1.807) is 0 Å². The van der Waals surface area contributed by atoms with E-state index in [0.29, 0.717) is 19.4 Å². The van der Waals surface area contributed by atoms with Gasteiger partial charge in [-0.05, 0) is 74.6 Å². The molecule has 1 spiro atoms. The van der Waals surface area contributed by atoms with E-state index in [1.165, 1.54) is 24.8 Å². The summed E-state index contributed by atoms with van der Waals surface area (Å²) in [5, 5.41) is 0. The maximum Gasteiger partial charge on any atom is 0.217 e. The summed E-state index contributed by atoms with van der Waals surface area (Å²) < 4.78 is 26.6. The Hall–Kier alpha value is -3.09. The molecule has 0 bridgehead atoms. The van der Waals surface area contributed by atoms with Crippen LogP contribution in [0.5, 0.6) is 11.5 Å². The Morgan fingerprint density at radius 3 is 2.59 bits per heavy atom. The number of carbonyl (C=O) groups is 1. The fourth-order valence-electron chi connectivity index (χ4n) is 7.25. The largest absolute Gasteiger partial charge is 0.489 e. The molecule has 218 valence electrons. The molecule has 0 aromatic heterocycles. The quantitative estimate of drug-likeness (QED) is 0.324. The van der Waals surface area contributed by atoms with E-state index in [9.17, 15) is 4.79 Å². The summed E-state index contributed by atoms with van der Waals surface area (Å²) in [6.07, 6.45) is 17.0. The normalized spacial score (nSPS) is 26.6. The van der Waals surface area contributed by atoms with Crippen molar-refractivity contribution in [3.63, 3.8) is 0 Å². The first-order chi connectivity index (χ1) is 20.0. The van der Waals surface area contributed by atoms with Crippen LogP contribution in [0.1, 0.15) is 87.7 Å². The maximum atomic E-state index is 11.5. The van der Waals surface area contributed by atoms with Crippen molar-refractivity contribution in [2.75, 3.05) is 7.11 Å². The summed E-state index contributed by atoms with van der Waals surface area (Å²) in [7, 11) is 1.82. The topological polar surface area (TPSA) is 80.0 Å². The molecule has 2 aromatic carbocycles. The van der Waals surface area contributed by atoms with Crippen molar-refractivity contribution in [3.05, 3.63) is 83.5 Å². The van der Waals surface area contributed by atoms with Crippen LogP contribution in [0.25, 0.3) is 0 Å². The first-order valence-electron chi connectivity index (χ1n) is 15.4. The highest BCUT2D eigenvalue weighted by Gasteiger charge is 2.56. The number of hydrogen-bond acceptors (Lipinski definition) is 5. The van der Waals surface area contributed by atoms with Crippen molar-refractivity contribution < 1.29 is 23.7 Å². The molecular formula is C35H43NO5. The zero-order chi connectivity index (χ0) is 28.3. The molecule has 41 heavy (non-hydrogen) atoms. The van der Waals surface area contributed by atoms with Gasteiger partial charge in [0.25, 0.3) is 0 Å². The fraction of sp³-hybridized carbons (Fsp3) is 0.514. The Labute approximate surface area is 243 Å². The lowest BCUT2D eigenvalue weighted by Crippen LogP contribution is -2.57. The van der Waals surface area contributed by atoms with Crippen molar-refractivity contribution in [2.24, 2.45) is 5.73 Å². The second-order valence-electron chi connectivity index (χ2n) is 12.3. The van der Waals surface area contributed by atoms with Gasteiger partial charge in [-0.2, -0.15) is 0 Å². The van der Waals surface area contributed by atoms with Gasteiger partial charge in [0.1, 0.15) is 35.4 Å². The number of hydrogen-bond donors (Lipinski definition) is 1. The second kappa shape index (κ2) is 12.0. The molecule has 0 radical (unpaired) electrons. The van der Waals surface area contributed by atoms with Crippen molar-refractivity contribution in [3.8, 4) is 11.5 Å². The fourth-order valence-corrected chi connectivity index (χ4v) is 7.25. The molecule has 2 fully saturated rings. The SMILES string of the molecule is COC1(C2CC3(CCC3)Oc3cc(OCc4ccccc4)ccc32)C=CC=C(CCCC(N)=O)C1OC1CCCC1. The van der Waals surface area contributed by atoms with Crippen molar-refractivity contribution in [1.29, 1.82) is 0 Å². The minimum absolute atomic E-state index is 0.0437. The average Bonchev–Trinajstić information content (AvgIpc) is 3.49. The molecule has 3 aliphatic carbocycles. The first-order valence-corrected chi connectivity index (χ1v) is 15.4. The minimum atomic E-state index is -0.688. The van der Waals surface area contributed by atoms with Gasteiger partial charge in [0.15, 0.2) is 0 Å². The molecule has 2 saturated carbocycles. The molecular weight excluding hydrogens is 514 g/mol. The predicted octanol–water partition coefficient (Wildman–Crippen LogP) is 6.92. The molecule has 4 aliphatic rings. The third-order valence-electron chi connectivity index (χ3n) is 9.61. The molecule has 0 saturated heterocycles. The van der Waals surface area contributed by atoms with Crippen molar-refractivity contribution in [2.45, 2.75) is 107 Å². The number of amides is 1. The smallest absolute Gasteiger partial charge is 0.217 e. The molecule has 6 nitrogen and oxygen atoms in total. The van der Waals surface area contributed by atoms with Gasteiger partial charge in [0.05, 0.1) is 6.10 Å². The van der Waals surface area contributed by atoms with Gasteiger partial charge in [-0.1, -0.05) is 61.4 Å². The highest BCUT2D eigenvalue weighted by Crippen LogP contribution is 2.56. The number of allylic oxidation sites excluding steroid dienone is 2. The first kappa shape index (κ1) is 28.0. The van der Waals surface area contributed by atoms with E-state index in [2.05, 4.69) is 48.6 Å². The van der Waals surface area contributed by atoms with E-state index < -0.39 is 5.60 Å².